The van der Waals surface area contributed by atoms with E-state index in [-0.39, 0.29) is 0 Å². The second-order valence-corrected chi connectivity index (χ2v) is 4.73. The maximum Gasteiger partial charge on any atom is 0.0644 e. The van der Waals surface area contributed by atoms with E-state index in [9.17, 15) is 0 Å². The first-order chi connectivity index (χ1) is 5.16. The molecule has 2 heteroatoms. The zero-order valence-electron chi connectivity index (χ0n) is 7.83. The molecule has 0 aromatic carbocycles. The number of ether oxygens (including phenoxy) is 1. The van der Waals surface area contributed by atoms with Gasteiger partial charge in [-0.15, -0.1) is 0 Å². The molecule has 0 fully saturated rings. The molecule has 0 aliphatic heterocycles. The number of methoxy groups -OCH3 is 1. The van der Waals surface area contributed by atoms with Crippen molar-refractivity contribution in [3.8, 4) is 0 Å². The summed E-state index contributed by atoms with van der Waals surface area (Å²) >= 11 is 1.96. The molecule has 1 nitrogen and oxygen atoms in total. The molecule has 0 radical (unpaired) electrons. The molecular formula is C9H18OS. The second-order valence-electron chi connectivity index (χ2n) is 2.77. The molecule has 0 heterocycles. The fourth-order valence-electron chi connectivity index (χ4n) is 0.818. The van der Waals surface area contributed by atoms with Gasteiger partial charge >= 0.3 is 0 Å². The van der Waals surface area contributed by atoms with E-state index in [0.717, 1.165) is 6.61 Å². The maximum atomic E-state index is 4.90. The lowest BCUT2D eigenvalue weighted by Gasteiger charge is -2.08. The highest BCUT2D eigenvalue weighted by atomic mass is 32.2. The van der Waals surface area contributed by atoms with Gasteiger partial charge in [0.15, 0.2) is 0 Å². The van der Waals surface area contributed by atoms with Crippen LogP contribution in [-0.4, -0.2) is 24.2 Å². The van der Waals surface area contributed by atoms with Crippen molar-refractivity contribution >= 4 is 11.8 Å². The fraction of sp³-hybridized carbons (Fsp3) is 0.778. The highest BCUT2D eigenvalue weighted by molar-refractivity contribution is 8.00. The summed E-state index contributed by atoms with van der Waals surface area (Å²) in [4.78, 5) is 0. The molecule has 0 spiro atoms. The predicted octanol–water partition coefficient (Wildman–Crippen LogP) is 2.72. The van der Waals surface area contributed by atoms with Gasteiger partial charge in [-0.1, -0.05) is 26.0 Å². The van der Waals surface area contributed by atoms with Crippen molar-refractivity contribution < 1.29 is 4.74 Å². The molecule has 0 saturated heterocycles. The average Bonchev–Trinajstić information content (AvgIpc) is 1.86. The van der Waals surface area contributed by atoms with Crippen LogP contribution in [0.5, 0.6) is 0 Å². The van der Waals surface area contributed by atoms with Crippen LogP contribution in [0.4, 0.5) is 0 Å². The summed E-state index contributed by atoms with van der Waals surface area (Å²) in [6.45, 7) is 7.36. The van der Waals surface area contributed by atoms with Crippen molar-refractivity contribution in [2.75, 3.05) is 13.7 Å². The van der Waals surface area contributed by atoms with Crippen molar-refractivity contribution in [1.82, 2.24) is 0 Å². The zero-order chi connectivity index (χ0) is 8.69. The molecule has 0 aromatic rings. The first-order valence-corrected chi connectivity index (χ1v) is 4.92. The Bertz CT molecular complexity index is 110. The minimum atomic E-state index is 0.602. The third-order valence-corrected chi connectivity index (χ3v) is 2.29. The molecule has 0 N–H and O–H groups in total. The van der Waals surface area contributed by atoms with Gasteiger partial charge in [0.05, 0.1) is 6.61 Å². The van der Waals surface area contributed by atoms with Crippen LogP contribution in [0.2, 0.25) is 0 Å². The molecule has 0 amide bonds. The SMILES string of the molecule is COC/C=C/[C@@H](C)SC(C)C. The summed E-state index contributed by atoms with van der Waals surface area (Å²) < 4.78 is 4.90. The standard InChI is InChI=1S/C9H18OS/c1-8(2)11-9(3)6-5-7-10-4/h5-6,8-9H,7H2,1-4H3/b6-5+/t9-/m1/s1. The van der Waals surface area contributed by atoms with Crippen LogP contribution in [0.1, 0.15) is 20.8 Å². The lowest BCUT2D eigenvalue weighted by atomic mass is 10.4. The summed E-state index contributed by atoms with van der Waals surface area (Å²) in [6.07, 6.45) is 4.26. The lowest BCUT2D eigenvalue weighted by Crippen LogP contribution is -1.97. The van der Waals surface area contributed by atoms with Gasteiger partial charge in [0, 0.05) is 12.4 Å². The number of hydrogen-bond acceptors (Lipinski definition) is 2. The predicted molar refractivity (Wildman–Crippen MR) is 53.2 cm³/mol. The number of rotatable bonds is 5. The Labute approximate surface area is 74.2 Å². The molecule has 1 atom stereocenters. The smallest absolute Gasteiger partial charge is 0.0644 e. The van der Waals surface area contributed by atoms with Crippen molar-refractivity contribution in [3.63, 3.8) is 0 Å². The third-order valence-electron chi connectivity index (χ3n) is 1.16. The van der Waals surface area contributed by atoms with Crippen LogP contribution in [0.15, 0.2) is 12.2 Å². The second kappa shape index (κ2) is 6.74. The van der Waals surface area contributed by atoms with E-state index in [1.165, 1.54) is 0 Å². The quantitative estimate of drug-likeness (QED) is 0.593. The van der Waals surface area contributed by atoms with Gasteiger partial charge in [0.2, 0.25) is 0 Å². The normalized spacial score (nSPS) is 14.6. The summed E-state index contributed by atoms with van der Waals surface area (Å²) in [5.41, 5.74) is 0. The minimum absolute atomic E-state index is 0.602. The Morgan fingerprint density at radius 2 is 2.00 bits per heavy atom. The Balaban J connectivity index is 3.42. The third kappa shape index (κ3) is 7.95. The van der Waals surface area contributed by atoms with Crippen molar-refractivity contribution in [2.24, 2.45) is 0 Å². The van der Waals surface area contributed by atoms with Gasteiger partial charge in [-0.2, -0.15) is 11.8 Å². The van der Waals surface area contributed by atoms with Gasteiger partial charge in [-0.05, 0) is 12.2 Å². The highest BCUT2D eigenvalue weighted by Crippen LogP contribution is 2.17. The summed E-state index contributed by atoms with van der Waals surface area (Å²) in [5.74, 6) is 0. The largest absolute Gasteiger partial charge is 0.381 e. The fourth-order valence-corrected chi connectivity index (χ4v) is 1.88. The molecule has 66 valence electrons. The molecule has 0 unspecified atom stereocenters. The molecule has 0 aromatic heterocycles. The first-order valence-electron chi connectivity index (χ1n) is 3.98. The van der Waals surface area contributed by atoms with E-state index < -0.39 is 0 Å². The van der Waals surface area contributed by atoms with Gasteiger partial charge in [0.25, 0.3) is 0 Å². The van der Waals surface area contributed by atoms with Crippen LogP contribution in [0, 0.1) is 0 Å². The van der Waals surface area contributed by atoms with Gasteiger partial charge in [-0.3, -0.25) is 0 Å². The van der Waals surface area contributed by atoms with Crippen LogP contribution in [-0.2, 0) is 4.74 Å². The molecule has 0 saturated carbocycles. The van der Waals surface area contributed by atoms with E-state index in [4.69, 9.17) is 4.74 Å². The van der Waals surface area contributed by atoms with E-state index in [0.29, 0.717) is 10.5 Å². The molecular weight excluding hydrogens is 156 g/mol. The van der Waals surface area contributed by atoms with Crippen LogP contribution in [0.25, 0.3) is 0 Å². The van der Waals surface area contributed by atoms with Gasteiger partial charge in [0.1, 0.15) is 0 Å². The summed E-state index contributed by atoms with van der Waals surface area (Å²) in [6, 6.07) is 0. The Morgan fingerprint density at radius 3 is 2.45 bits per heavy atom. The Kier molecular flexibility index (Phi) is 6.77. The van der Waals surface area contributed by atoms with Crippen LogP contribution in [0.3, 0.4) is 0 Å². The maximum absolute atomic E-state index is 4.90. The van der Waals surface area contributed by atoms with Crippen molar-refractivity contribution in [1.29, 1.82) is 0 Å². The van der Waals surface area contributed by atoms with Crippen LogP contribution < -0.4 is 0 Å². The van der Waals surface area contributed by atoms with Gasteiger partial charge < -0.3 is 4.74 Å². The van der Waals surface area contributed by atoms with Crippen molar-refractivity contribution in [3.05, 3.63) is 12.2 Å². The molecule has 0 aliphatic carbocycles. The molecule has 0 rings (SSSR count). The number of hydrogen-bond donors (Lipinski definition) is 0. The van der Waals surface area contributed by atoms with Gasteiger partial charge in [-0.25, -0.2) is 0 Å². The lowest BCUT2D eigenvalue weighted by molar-refractivity contribution is 0.233. The summed E-state index contributed by atoms with van der Waals surface area (Å²) in [7, 11) is 1.71. The number of thioether (sulfide) groups is 1. The molecule has 11 heavy (non-hydrogen) atoms. The minimum Gasteiger partial charge on any atom is -0.381 e. The monoisotopic (exact) mass is 174 g/mol. The summed E-state index contributed by atoms with van der Waals surface area (Å²) in [5, 5.41) is 1.31. The van der Waals surface area contributed by atoms with Crippen molar-refractivity contribution in [2.45, 2.75) is 31.3 Å². The first kappa shape index (κ1) is 11.1. The molecule has 0 aliphatic rings. The zero-order valence-corrected chi connectivity index (χ0v) is 8.65. The Morgan fingerprint density at radius 1 is 1.36 bits per heavy atom. The molecule has 0 bridgehead atoms. The van der Waals surface area contributed by atoms with E-state index >= 15 is 0 Å². The Hall–Kier alpha value is 0.0500. The topological polar surface area (TPSA) is 9.23 Å². The van der Waals surface area contributed by atoms with Crippen LogP contribution >= 0.6 is 11.8 Å². The van der Waals surface area contributed by atoms with E-state index in [1.807, 2.05) is 11.8 Å². The average molecular weight is 174 g/mol. The van der Waals surface area contributed by atoms with E-state index in [1.54, 1.807) is 7.11 Å². The highest BCUT2D eigenvalue weighted by Gasteiger charge is 1.99. The van der Waals surface area contributed by atoms with E-state index in [2.05, 4.69) is 32.9 Å².